The van der Waals surface area contributed by atoms with Crippen molar-refractivity contribution in [3.05, 3.63) is 83.5 Å². The van der Waals surface area contributed by atoms with Crippen LogP contribution in [-0.2, 0) is 44.7 Å². The van der Waals surface area contributed by atoms with E-state index in [0.717, 1.165) is 6.08 Å². The summed E-state index contributed by atoms with van der Waals surface area (Å²) in [7, 11) is 0. The summed E-state index contributed by atoms with van der Waals surface area (Å²) in [6.07, 6.45) is 0.785. The Morgan fingerprint density at radius 3 is 2.40 bits per heavy atom. The molecule has 1 amide bonds. The van der Waals surface area contributed by atoms with E-state index in [-0.39, 0.29) is 66.7 Å². The lowest BCUT2D eigenvalue weighted by Gasteiger charge is -2.63. The summed E-state index contributed by atoms with van der Waals surface area (Å²) >= 11 is 1.46. The third-order valence-electron chi connectivity index (χ3n) is 15.1. The summed E-state index contributed by atoms with van der Waals surface area (Å²) in [5, 5.41) is 24.7. The maximum Gasteiger partial charge on any atom is 0.223 e. The highest BCUT2D eigenvalue weighted by molar-refractivity contribution is 7.99. The Hall–Kier alpha value is -4.41. The van der Waals surface area contributed by atoms with Crippen molar-refractivity contribution >= 4 is 46.6 Å². The molecule has 0 bridgehead atoms. The van der Waals surface area contributed by atoms with Gasteiger partial charge in [0.05, 0.1) is 23.5 Å². The topological polar surface area (TPSA) is 183 Å². The van der Waals surface area contributed by atoms with E-state index in [0.29, 0.717) is 35.5 Å². The molecule has 65 heavy (non-hydrogen) atoms. The molecule has 2 aromatic rings. The molecule has 1 saturated heterocycles. The van der Waals surface area contributed by atoms with Crippen LogP contribution >= 0.6 is 11.8 Å². The zero-order chi connectivity index (χ0) is 47.2. The Balaban J connectivity index is 0.965. The fourth-order valence-corrected chi connectivity index (χ4v) is 11.8. The average Bonchev–Trinajstić information content (AvgIpc) is 3.77. The monoisotopic (exact) mass is 919 g/mol. The molecule has 0 radical (unpaired) electrons. The van der Waals surface area contributed by atoms with Crippen molar-refractivity contribution in [2.75, 3.05) is 12.9 Å². The van der Waals surface area contributed by atoms with Gasteiger partial charge in [-0.15, -0.1) is 0 Å². The fourth-order valence-electron chi connectivity index (χ4n) is 11.4. The van der Waals surface area contributed by atoms with Crippen LogP contribution in [0.2, 0.25) is 0 Å². The zero-order valence-electron chi connectivity index (χ0n) is 37.6. The van der Waals surface area contributed by atoms with Crippen molar-refractivity contribution < 1.29 is 62.0 Å². The van der Waals surface area contributed by atoms with Crippen molar-refractivity contribution in [3.63, 3.8) is 0 Å². The number of alkyl halides is 2. The van der Waals surface area contributed by atoms with Crippen LogP contribution in [0.3, 0.4) is 0 Å². The summed E-state index contributed by atoms with van der Waals surface area (Å²) in [5.41, 5.74) is -5.82. The first-order valence-electron chi connectivity index (χ1n) is 22.4. The predicted octanol–water partition coefficient (Wildman–Crippen LogP) is 6.82. The lowest BCUT2D eigenvalue weighted by Crippen LogP contribution is -2.70. The van der Waals surface area contributed by atoms with E-state index in [2.05, 4.69) is 5.32 Å². The number of thioether (sulfide) groups is 1. The Kier molecular flexibility index (Phi) is 14.0. The number of allylic oxidation sites excluding steroid dienone is 4. The number of rotatable bonds is 18. The van der Waals surface area contributed by atoms with Gasteiger partial charge in [-0.05, 0) is 106 Å². The summed E-state index contributed by atoms with van der Waals surface area (Å²) in [6, 6.07) is 12.9. The second-order valence-corrected chi connectivity index (χ2v) is 20.2. The molecule has 1 aliphatic heterocycles. The van der Waals surface area contributed by atoms with Gasteiger partial charge in [0, 0.05) is 53.9 Å². The Bertz CT molecular complexity index is 2280. The predicted molar refractivity (Wildman–Crippen MR) is 237 cm³/mol. The lowest BCUT2D eigenvalue weighted by atomic mass is 9.44. The van der Waals surface area contributed by atoms with Gasteiger partial charge >= 0.3 is 0 Å². The molecule has 2 aromatic carbocycles. The van der Waals surface area contributed by atoms with Crippen molar-refractivity contribution in [2.45, 2.75) is 133 Å². The SMILES string of the molecule is CSC(C)C(=O)CCCC(=O)C[C@@H](C)C(=O)N[C@@H](C)C(=O)Cc1cccc(Oc2ccc([C@@H]3O[C@@H]4C[C@H]5[C@@H]6C[C@H](F)C7=CC(=O)C=C[C@]7(C)[C@@]6(F)[C@@H](O)C[C@]5(C)[C@]4(C(=O)CO)O3)cc2)c1. The number of ketones is 5. The summed E-state index contributed by atoms with van der Waals surface area (Å²) in [5.74, 6) is -3.28. The van der Waals surface area contributed by atoms with E-state index in [4.69, 9.17) is 14.2 Å². The highest BCUT2D eigenvalue weighted by Gasteiger charge is 2.80. The Morgan fingerprint density at radius 1 is 0.985 bits per heavy atom. The maximum absolute atomic E-state index is 17.7. The molecular weight excluding hydrogens is 861 g/mol. The number of nitrogens with one attached hydrogen (secondary N) is 1. The van der Waals surface area contributed by atoms with Gasteiger partial charge < -0.3 is 29.7 Å². The first kappa shape index (κ1) is 48.5. The number of benzene rings is 2. The third kappa shape index (κ3) is 8.60. The van der Waals surface area contributed by atoms with Crippen molar-refractivity contribution in [2.24, 2.45) is 28.6 Å². The number of aliphatic hydroxyl groups is 2. The normalized spacial score (nSPS) is 33.6. The minimum atomic E-state index is -2.36. The van der Waals surface area contributed by atoms with Gasteiger partial charge in [-0.25, -0.2) is 8.78 Å². The van der Waals surface area contributed by atoms with Crippen LogP contribution in [0.15, 0.2) is 72.3 Å². The summed E-state index contributed by atoms with van der Waals surface area (Å²) in [4.78, 5) is 76.7. The molecule has 7 rings (SSSR count). The van der Waals surface area contributed by atoms with E-state index in [1.807, 2.05) is 13.2 Å². The fraction of sp³-hybridized carbons (Fsp3) is 0.560. The molecule has 12 nitrogen and oxygen atoms in total. The number of hydrogen-bond acceptors (Lipinski definition) is 12. The second kappa shape index (κ2) is 18.7. The van der Waals surface area contributed by atoms with Gasteiger partial charge in [-0.3, -0.25) is 28.8 Å². The summed E-state index contributed by atoms with van der Waals surface area (Å²) < 4.78 is 52.9. The molecule has 4 aliphatic carbocycles. The second-order valence-electron chi connectivity index (χ2n) is 19.0. The van der Waals surface area contributed by atoms with Gasteiger partial charge in [0.15, 0.2) is 34.9 Å². The van der Waals surface area contributed by atoms with Crippen LogP contribution in [0, 0.1) is 28.6 Å². The van der Waals surface area contributed by atoms with Crippen LogP contribution < -0.4 is 10.1 Å². The molecule has 4 fully saturated rings. The number of carbonyl (C=O) groups excluding carboxylic acids is 6. The molecule has 15 heteroatoms. The molecule has 13 atom stereocenters. The third-order valence-corrected chi connectivity index (χ3v) is 16.1. The highest BCUT2D eigenvalue weighted by Crippen LogP contribution is 2.72. The lowest BCUT2D eigenvalue weighted by molar-refractivity contribution is -0.235. The Labute approximate surface area is 382 Å². The number of halogens is 2. The molecule has 1 unspecified atom stereocenters. The van der Waals surface area contributed by atoms with Gasteiger partial charge in [0.1, 0.15) is 35.8 Å². The van der Waals surface area contributed by atoms with E-state index < -0.39 is 94.6 Å². The first-order valence-corrected chi connectivity index (χ1v) is 23.7. The van der Waals surface area contributed by atoms with Crippen molar-refractivity contribution in [3.8, 4) is 11.5 Å². The van der Waals surface area contributed by atoms with E-state index in [1.165, 1.54) is 30.8 Å². The molecule has 0 spiro atoms. The smallest absolute Gasteiger partial charge is 0.223 e. The number of hydrogen-bond donors (Lipinski definition) is 3. The minimum Gasteiger partial charge on any atom is -0.457 e. The number of carbonyl (C=O) groups is 6. The first-order chi connectivity index (χ1) is 30.7. The Morgan fingerprint density at radius 2 is 1.71 bits per heavy atom. The van der Waals surface area contributed by atoms with Gasteiger partial charge in [-0.2, -0.15) is 11.8 Å². The molecule has 350 valence electrons. The number of amides is 1. The van der Waals surface area contributed by atoms with E-state index in [9.17, 15) is 39.0 Å². The largest absolute Gasteiger partial charge is 0.457 e. The van der Waals surface area contributed by atoms with Crippen LogP contribution in [0.5, 0.6) is 11.5 Å². The van der Waals surface area contributed by atoms with Crippen LogP contribution in [0.25, 0.3) is 0 Å². The average molecular weight is 920 g/mol. The molecule has 3 N–H and O–H groups in total. The summed E-state index contributed by atoms with van der Waals surface area (Å²) in [6.45, 7) is 7.40. The minimum absolute atomic E-state index is 0.00164. The van der Waals surface area contributed by atoms with Gasteiger partial charge in [0.25, 0.3) is 0 Å². The van der Waals surface area contributed by atoms with Crippen molar-refractivity contribution in [1.29, 1.82) is 0 Å². The number of fused-ring (bicyclic) bond motifs is 7. The van der Waals surface area contributed by atoms with Crippen molar-refractivity contribution in [1.82, 2.24) is 5.32 Å². The van der Waals surface area contributed by atoms with E-state index in [1.54, 1.807) is 69.3 Å². The van der Waals surface area contributed by atoms with E-state index >= 15 is 8.78 Å². The van der Waals surface area contributed by atoms with Gasteiger partial charge in [0.2, 0.25) is 5.91 Å². The quantitative estimate of drug-likeness (QED) is 0.142. The van der Waals surface area contributed by atoms with Crippen LogP contribution in [-0.4, -0.2) is 98.8 Å². The van der Waals surface area contributed by atoms with Gasteiger partial charge in [-0.1, -0.05) is 44.2 Å². The molecule has 1 heterocycles. The van der Waals surface area contributed by atoms with Crippen LogP contribution in [0.4, 0.5) is 8.78 Å². The standard InChI is InChI=1S/C50H59F2NO11S/c1-27(19-32(55)10-8-12-40(57)29(3)65-6)45(61)53-28(2)41(58)21-30-9-7-11-35(20-30)62-34-15-13-31(14-16-34)46-63-44-24-36-37-23-39(51)38-22-33(56)17-18-47(38,4)49(37,52)42(59)25-48(36,5)50(44,64-46)43(60)26-54/h7,9,11,13-18,20,22,27-29,36-37,39,42,44,46,54,59H,8,10,12,19,21,23-26H2,1-6H3,(H,53,61)/t27-,28+,29?,36+,37+,39+,42+,44-,46-,47+,48+,49+,50-/m1/s1. The number of ether oxygens (including phenoxy) is 3. The van der Waals surface area contributed by atoms with Crippen LogP contribution in [0.1, 0.15) is 97.0 Å². The maximum atomic E-state index is 17.7. The molecule has 0 aromatic heterocycles. The number of Topliss-reactive ketones (excluding diaryl/α,β-unsaturated/α-hetero) is 4. The number of aliphatic hydroxyl groups excluding tert-OH is 2. The molecular formula is C50H59F2NO11S. The zero-order valence-corrected chi connectivity index (χ0v) is 38.5. The molecule has 5 aliphatic rings. The molecule has 3 saturated carbocycles. The highest BCUT2D eigenvalue weighted by atomic mass is 32.2.